The van der Waals surface area contributed by atoms with Gasteiger partial charge in [0.1, 0.15) is 22.3 Å². The fraction of sp³-hybridized carbons (Fsp3) is 0.0526. The second-order valence-corrected chi connectivity index (χ2v) is 32.9. The average molecular weight is 1550 g/mol. The number of rotatable bonds is 8. The van der Waals surface area contributed by atoms with Crippen molar-refractivity contribution in [2.24, 2.45) is 0 Å². The molecule has 1 aliphatic carbocycles. The number of benzene rings is 18. The molecule has 22 aromatic rings. The van der Waals surface area contributed by atoms with Crippen LogP contribution in [0.5, 0.6) is 0 Å². The van der Waals surface area contributed by atoms with E-state index < -0.39 is 0 Å². The van der Waals surface area contributed by atoms with E-state index in [0.29, 0.717) is 0 Å². The molecule has 4 heterocycles. The zero-order valence-electron chi connectivity index (χ0n) is 66.5. The van der Waals surface area contributed by atoms with Crippen molar-refractivity contribution in [3.8, 4) is 77.9 Å². The topological polar surface area (TPSA) is 26.3 Å². The number of hydrogen-bond acceptors (Lipinski definition) is 4. The molecule has 0 fully saturated rings. The smallest absolute Gasteiger partial charge is 0.138 e. The van der Waals surface area contributed by atoms with Gasteiger partial charge in [-0.1, -0.05) is 345 Å². The standard InChI is InChI=1S/C26H20.C25H18O.C25H18S.C19H14O.C19H14S/c1-19-11-10-18-24-25(19)22-16-8-9-17-23(22)26(24,20-12-4-2-5-13-20)21-14-6-3-7-15-21;2*1-17-10-12-24-22(14-17)23-16-21(11-13-25(23)26-24)20-9-5-8-19(15-20)18-6-3-2-4-7-18;2*1-13-6-5-9-16-17-12-15(14-7-3-2-4-8-14)10-11-18(17)20-19(13)16/h2-18H,1H3;2*2-16H,1H3;2*2-12H,1H3. The Hall–Kier alpha value is -14.0. The molecule has 0 atom stereocenters. The highest BCUT2D eigenvalue weighted by Crippen LogP contribution is 2.57. The van der Waals surface area contributed by atoms with Crippen LogP contribution in [0.15, 0.2) is 427 Å². The van der Waals surface area contributed by atoms with Crippen LogP contribution >= 0.6 is 22.7 Å². The summed E-state index contributed by atoms with van der Waals surface area (Å²) in [5.74, 6) is 0. The Morgan fingerprint density at radius 3 is 1.10 bits per heavy atom. The van der Waals surface area contributed by atoms with Crippen molar-refractivity contribution < 1.29 is 8.83 Å². The van der Waals surface area contributed by atoms with Crippen LogP contribution in [0.4, 0.5) is 0 Å². The Balaban J connectivity index is 0.0000000984. The van der Waals surface area contributed by atoms with E-state index in [1.807, 2.05) is 34.8 Å². The highest BCUT2D eigenvalue weighted by atomic mass is 32.1. The predicted molar refractivity (Wildman–Crippen MR) is 506 cm³/mol. The molecule has 0 saturated carbocycles. The molecule has 0 bridgehead atoms. The SMILES string of the molecule is Cc1ccc2oc3ccc(-c4cccc(-c5ccccc5)c4)cc3c2c1.Cc1ccc2sc3ccc(-c4cccc(-c5ccccc5)c4)cc3c2c1.Cc1cccc2c1-c1ccccc1C2(c1ccccc1)c1ccccc1.Cc1cccc2c1oc1ccc(-c3ccccc3)cc12.Cc1cccc2c1sc1ccc(-c3ccccc3)cc12. The minimum Gasteiger partial charge on any atom is -0.456 e. The van der Waals surface area contributed by atoms with E-state index in [2.05, 4.69) is 441 Å². The number of thiophene rings is 2. The van der Waals surface area contributed by atoms with Gasteiger partial charge in [-0.05, 0) is 236 Å². The van der Waals surface area contributed by atoms with Crippen molar-refractivity contribution >= 4 is 107 Å². The third-order valence-corrected chi connectivity index (χ3v) is 25.6. The zero-order valence-corrected chi connectivity index (χ0v) is 68.1. The van der Waals surface area contributed by atoms with Gasteiger partial charge in [0.05, 0.1) is 5.41 Å². The first-order chi connectivity index (χ1) is 58.0. The van der Waals surface area contributed by atoms with Crippen LogP contribution < -0.4 is 0 Å². The van der Waals surface area contributed by atoms with Crippen molar-refractivity contribution in [1.82, 2.24) is 0 Å². The van der Waals surface area contributed by atoms with Crippen molar-refractivity contribution in [2.75, 3.05) is 0 Å². The number of hydrogen-bond donors (Lipinski definition) is 0. The van der Waals surface area contributed by atoms with E-state index >= 15 is 0 Å². The minimum atomic E-state index is -0.263. The summed E-state index contributed by atoms with van der Waals surface area (Å²) >= 11 is 3.77. The van der Waals surface area contributed by atoms with E-state index in [1.165, 1.54) is 190 Å². The largest absolute Gasteiger partial charge is 0.456 e. The Morgan fingerprint density at radius 1 is 0.212 bits per heavy atom. The molecular weight excluding hydrogens is 1470 g/mol. The molecule has 0 spiro atoms. The molecule has 0 N–H and O–H groups in total. The molecule has 0 amide bonds. The van der Waals surface area contributed by atoms with Crippen molar-refractivity contribution in [1.29, 1.82) is 0 Å². The monoisotopic (exact) mass is 1550 g/mol. The van der Waals surface area contributed by atoms with Gasteiger partial charge in [-0.2, -0.15) is 0 Å². The number of aryl methyl sites for hydroxylation is 5. The predicted octanol–water partition coefficient (Wildman–Crippen LogP) is 32.9. The molecule has 4 heteroatoms. The van der Waals surface area contributed by atoms with Gasteiger partial charge in [0.15, 0.2) is 0 Å². The van der Waals surface area contributed by atoms with Crippen LogP contribution in [0.3, 0.4) is 0 Å². The second kappa shape index (κ2) is 32.4. The Bertz CT molecular complexity index is 7000. The van der Waals surface area contributed by atoms with Gasteiger partial charge in [-0.25, -0.2) is 0 Å². The highest BCUT2D eigenvalue weighted by molar-refractivity contribution is 7.26. The van der Waals surface area contributed by atoms with Crippen LogP contribution in [0.2, 0.25) is 0 Å². The third-order valence-electron chi connectivity index (χ3n) is 23.1. The quantitative estimate of drug-likeness (QED) is 0.152. The summed E-state index contributed by atoms with van der Waals surface area (Å²) in [6, 6.07) is 150. The maximum absolute atomic E-state index is 5.99. The molecule has 23 rings (SSSR count). The molecule has 2 nitrogen and oxygen atoms in total. The van der Waals surface area contributed by atoms with E-state index in [0.717, 1.165) is 22.3 Å². The fourth-order valence-corrected chi connectivity index (χ4v) is 19.6. The van der Waals surface area contributed by atoms with Crippen LogP contribution in [-0.4, -0.2) is 0 Å². The molecule has 18 aromatic carbocycles. The summed E-state index contributed by atoms with van der Waals surface area (Å²) < 4.78 is 17.5. The molecule has 0 unspecified atom stereocenters. The molecule has 564 valence electrons. The lowest BCUT2D eigenvalue weighted by atomic mass is 9.67. The Labute approximate surface area is 697 Å². The average Bonchev–Trinajstić information content (AvgIpc) is 1.53. The van der Waals surface area contributed by atoms with E-state index in [1.54, 1.807) is 0 Å². The molecule has 4 aromatic heterocycles. The normalized spacial score (nSPS) is 11.8. The summed E-state index contributed by atoms with van der Waals surface area (Å²) in [7, 11) is 0. The third kappa shape index (κ3) is 14.4. The molecule has 0 aliphatic heterocycles. The van der Waals surface area contributed by atoms with Crippen LogP contribution in [0, 0.1) is 34.6 Å². The Kier molecular flexibility index (Phi) is 20.3. The maximum Gasteiger partial charge on any atom is 0.138 e. The van der Waals surface area contributed by atoms with Crippen molar-refractivity contribution in [3.05, 3.63) is 469 Å². The van der Waals surface area contributed by atoms with E-state index in [9.17, 15) is 0 Å². The fourth-order valence-electron chi connectivity index (χ4n) is 17.3. The van der Waals surface area contributed by atoms with Gasteiger partial charge in [-0.3, -0.25) is 0 Å². The van der Waals surface area contributed by atoms with Crippen LogP contribution in [0.1, 0.15) is 50.1 Å². The first-order valence-electron chi connectivity index (χ1n) is 40.5. The van der Waals surface area contributed by atoms with Crippen molar-refractivity contribution in [3.63, 3.8) is 0 Å². The number of fused-ring (bicyclic) bond motifs is 15. The molecule has 1 aliphatic rings. The molecule has 0 saturated heterocycles. The summed E-state index contributed by atoms with van der Waals surface area (Å²) in [4.78, 5) is 0. The first-order valence-corrected chi connectivity index (χ1v) is 42.1. The van der Waals surface area contributed by atoms with Gasteiger partial charge in [-0.15, -0.1) is 22.7 Å². The highest BCUT2D eigenvalue weighted by Gasteiger charge is 2.46. The van der Waals surface area contributed by atoms with E-state index in [-0.39, 0.29) is 5.41 Å². The van der Waals surface area contributed by atoms with Gasteiger partial charge in [0.2, 0.25) is 0 Å². The molecular formula is C114H84O2S2. The second-order valence-electron chi connectivity index (χ2n) is 30.8. The number of para-hydroxylation sites is 1. The summed E-state index contributed by atoms with van der Waals surface area (Å²) in [5.41, 5.74) is 33.1. The number of furan rings is 2. The summed E-state index contributed by atoms with van der Waals surface area (Å²) in [6.07, 6.45) is 0. The zero-order chi connectivity index (χ0) is 79.6. The van der Waals surface area contributed by atoms with Crippen LogP contribution in [-0.2, 0) is 5.41 Å². The lowest BCUT2D eigenvalue weighted by molar-refractivity contribution is 0.666. The lowest BCUT2D eigenvalue weighted by Crippen LogP contribution is -2.28. The van der Waals surface area contributed by atoms with Crippen LogP contribution in [0.25, 0.3) is 162 Å². The Morgan fingerprint density at radius 2 is 0.551 bits per heavy atom. The lowest BCUT2D eigenvalue weighted by Gasteiger charge is -2.33. The van der Waals surface area contributed by atoms with Gasteiger partial charge in [0.25, 0.3) is 0 Å². The summed E-state index contributed by atoms with van der Waals surface area (Å²) in [5, 5.41) is 10.2. The van der Waals surface area contributed by atoms with Gasteiger partial charge >= 0.3 is 0 Å². The molecule has 118 heavy (non-hydrogen) atoms. The van der Waals surface area contributed by atoms with Gasteiger partial charge < -0.3 is 8.83 Å². The van der Waals surface area contributed by atoms with Gasteiger partial charge in [0, 0.05) is 61.9 Å². The van der Waals surface area contributed by atoms with E-state index in [4.69, 9.17) is 8.83 Å². The molecule has 0 radical (unpaired) electrons. The maximum atomic E-state index is 5.99. The first kappa shape index (κ1) is 74.1. The van der Waals surface area contributed by atoms with Crippen molar-refractivity contribution in [2.45, 2.75) is 40.0 Å². The summed E-state index contributed by atoms with van der Waals surface area (Å²) in [6.45, 7) is 10.8. The minimum absolute atomic E-state index is 0.263.